The summed E-state index contributed by atoms with van der Waals surface area (Å²) in [5.74, 6) is -0.395. The molecule has 2 aromatic carbocycles. The second-order valence-electron chi connectivity index (χ2n) is 8.34. The molecule has 0 saturated heterocycles. The zero-order valence-electron chi connectivity index (χ0n) is 19.1. The number of carbonyl (C=O) groups excluding carboxylic acids is 4. The highest BCUT2D eigenvalue weighted by Crippen LogP contribution is 2.37. The highest BCUT2D eigenvalue weighted by Gasteiger charge is 2.34. The van der Waals surface area contributed by atoms with Gasteiger partial charge in [0.25, 0.3) is 17.7 Å². The minimum absolute atomic E-state index is 0.123. The number of amides is 4. The van der Waals surface area contributed by atoms with Crippen LogP contribution in [0.1, 0.15) is 40.5 Å². The van der Waals surface area contributed by atoms with Crippen molar-refractivity contribution in [1.29, 1.82) is 0 Å². The average molecular weight is 491 g/mol. The number of hydrogen-bond donors (Lipinski definition) is 1. The molecule has 10 heteroatoms. The second kappa shape index (κ2) is 8.95. The zero-order valence-corrected chi connectivity index (χ0v) is 19.9. The predicted octanol–water partition coefficient (Wildman–Crippen LogP) is 3.57. The fourth-order valence-electron chi connectivity index (χ4n) is 4.16. The topological polar surface area (TPSA) is 109 Å². The largest absolute Gasteiger partial charge is 0.479 e. The van der Waals surface area contributed by atoms with E-state index in [2.05, 4.69) is 10.3 Å². The maximum absolute atomic E-state index is 12.4. The summed E-state index contributed by atoms with van der Waals surface area (Å²) < 4.78 is 5.66. The minimum Gasteiger partial charge on any atom is -0.479 e. The molecule has 9 nitrogen and oxygen atoms in total. The Morgan fingerprint density at radius 1 is 1.11 bits per heavy atom. The SMILES string of the molecule is CC1Oc2ccc(-c3csc(NC(=O)CCCN4C(=O)c5ccccc5C4=O)n3)cc2N(C)C1=O. The number of nitrogens with one attached hydrogen (secondary N) is 1. The Balaban J connectivity index is 1.18. The number of anilines is 2. The molecule has 1 atom stereocenters. The molecule has 0 aliphatic carbocycles. The summed E-state index contributed by atoms with van der Waals surface area (Å²) in [6.45, 7) is 1.88. The van der Waals surface area contributed by atoms with Crippen LogP contribution in [0.4, 0.5) is 10.8 Å². The van der Waals surface area contributed by atoms with Crippen LogP contribution in [-0.2, 0) is 9.59 Å². The highest BCUT2D eigenvalue weighted by atomic mass is 32.1. The molecule has 3 aromatic rings. The van der Waals surface area contributed by atoms with E-state index < -0.39 is 6.10 Å². The third kappa shape index (κ3) is 4.17. The first-order valence-corrected chi connectivity index (χ1v) is 12.0. The van der Waals surface area contributed by atoms with Gasteiger partial charge in [-0.1, -0.05) is 12.1 Å². The summed E-state index contributed by atoms with van der Waals surface area (Å²) in [5.41, 5.74) is 2.92. The molecule has 5 rings (SSSR count). The van der Waals surface area contributed by atoms with E-state index in [1.165, 1.54) is 16.2 Å². The monoisotopic (exact) mass is 490 g/mol. The number of carbonyl (C=O) groups is 4. The first kappa shape index (κ1) is 22.7. The van der Waals surface area contributed by atoms with Crippen LogP contribution in [0.15, 0.2) is 47.8 Å². The Morgan fingerprint density at radius 2 is 1.83 bits per heavy atom. The molecule has 4 amide bonds. The summed E-state index contributed by atoms with van der Waals surface area (Å²) in [5, 5.41) is 5.04. The van der Waals surface area contributed by atoms with Crippen LogP contribution in [0.2, 0.25) is 0 Å². The van der Waals surface area contributed by atoms with E-state index in [1.807, 2.05) is 17.5 Å². The molecule has 0 radical (unpaired) electrons. The molecule has 35 heavy (non-hydrogen) atoms. The molecule has 2 aliphatic rings. The first-order chi connectivity index (χ1) is 16.8. The molecule has 178 valence electrons. The molecular formula is C25H22N4O5S. The molecule has 1 N–H and O–H groups in total. The van der Waals surface area contributed by atoms with Gasteiger partial charge in [-0.2, -0.15) is 0 Å². The lowest BCUT2D eigenvalue weighted by Gasteiger charge is -2.30. The van der Waals surface area contributed by atoms with Crippen molar-refractivity contribution in [2.24, 2.45) is 0 Å². The number of ether oxygens (including phenoxy) is 1. The van der Waals surface area contributed by atoms with Gasteiger partial charge in [0.15, 0.2) is 11.2 Å². The molecule has 0 saturated carbocycles. The molecule has 2 aliphatic heterocycles. The maximum Gasteiger partial charge on any atom is 0.267 e. The number of thiazole rings is 1. The van der Waals surface area contributed by atoms with Gasteiger partial charge in [-0.05, 0) is 43.7 Å². The standard InChI is InChI=1S/C25H22N4O5S/c1-14-22(31)28(2)19-12-15(9-10-20(19)34-14)18-13-35-25(26-18)27-21(30)8-5-11-29-23(32)16-6-3-4-7-17(16)24(29)33/h3-4,6-7,9-10,12-14H,5,8,11H2,1-2H3,(H,26,27,30). The van der Waals surface area contributed by atoms with Crippen molar-refractivity contribution in [2.45, 2.75) is 25.9 Å². The van der Waals surface area contributed by atoms with Crippen LogP contribution in [0, 0.1) is 0 Å². The van der Waals surface area contributed by atoms with E-state index in [1.54, 1.807) is 49.2 Å². The summed E-state index contributed by atoms with van der Waals surface area (Å²) in [6, 6.07) is 12.2. The number of imide groups is 1. The van der Waals surface area contributed by atoms with Gasteiger partial charge in [-0.15, -0.1) is 11.3 Å². The van der Waals surface area contributed by atoms with Crippen molar-refractivity contribution >= 4 is 45.8 Å². The molecule has 3 heterocycles. The number of hydrogen-bond acceptors (Lipinski definition) is 7. The van der Waals surface area contributed by atoms with E-state index in [0.717, 1.165) is 5.56 Å². The van der Waals surface area contributed by atoms with Crippen molar-refractivity contribution in [1.82, 2.24) is 9.88 Å². The van der Waals surface area contributed by atoms with Crippen molar-refractivity contribution in [3.63, 3.8) is 0 Å². The van der Waals surface area contributed by atoms with Gasteiger partial charge in [-0.25, -0.2) is 4.98 Å². The summed E-state index contributed by atoms with van der Waals surface area (Å²) >= 11 is 1.29. The average Bonchev–Trinajstić information content (AvgIpc) is 3.41. The Kier molecular flexibility index (Phi) is 5.81. The van der Waals surface area contributed by atoms with Crippen molar-refractivity contribution < 1.29 is 23.9 Å². The number of likely N-dealkylation sites (N-methyl/N-ethyl adjacent to an activating group) is 1. The van der Waals surface area contributed by atoms with Crippen LogP contribution in [0.5, 0.6) is 5.75 Å². The number of fused-ring (bicyclic) bond motifs is 2. The van der Waals surface area contributed by atoms with Gasteiger partial charge < -0.3 is 15.0 Å². The second-order valence-corrected chi connectivity index (χ2v) is 9.20. The number of rotatable bonds is 6. The number of aromatic nitrogens is 1. The van der Waals surface area contributed by atoms with Crippen LogP contribution in [0.3, 0.4) is 0 Å². The summed E-state index contributed by atoms with van der Waals surface area (Å²) in [6.07, 6.45) is -0.0422. The minimum atomic E-state index is -0.531. The normalized spacial score (nSPS) is 16.7. The van der Waals surface area contributed by atoms with Crippen molar-refractivity contribution in [2.75, 3.05) is 23.8 Å². The lowest BCUT2D eigenvalue weighted by Crippen LogP contribution is -2.41. The third-order valence-corrected chi connectivity index (χ3v) is 6.77. The quantitative estimate of drug-likeness (QED) is 0.529. The van der Waals surface area contributed by atoms with Gasteiger partial charge in [0.2, 0.25) is 5.91 Å². The molecule has 0 fully saturated rings. The Hall–Kier alpha value is -4.05. The van der Waals surface area contributed by atoms with Gasteiger partial charge in [-0.3, -0.25) is 24.1 Å². The first-order valence-electron chi connectivity index (χ1n) is 11.1. The predicted molar refractivity (Wildman–Crippen MR) is 131 cm³/mol. The third-order valence-electron chi connectivity index (χ3n) is 6.01. The smallest absolute Gasteiger partial charge is 0.267 e. The lowest BCUT2D eigenvalue weighted by molar-refractivity contribution is -0.125. The number of nitrogens with zero attached hydrogens (tertiary/aromatic N) is 3. The van der Waals surface area contributed by atoms with Gasteiger partial charge in [0.05, 0.1) is 22.5 Å². The van der Waals surface area contributed by atoms with E-state index in [0.29, 0.717) is 39.8 Å². The Bertz CT molecular complexity index is 1330. The van der Waals surface area contributed by atoms with Crippen LogP contribution in [0.25, 0.3) is 11.3 Å². The summed E-state index contributed by atoms with van der Waals surface area (Å²) in [7, 11) is 1.71. The van der Waals surface area contributed by atoms with Crippen molar-refractivity contribution in [3.8, 4) is 17.0 Å². The number of benzene rings is 2. The highest BCUT2D eigenvalue weighted by molar-refractivity contribution is 7.14. The van der Waals surface area contributed by atoms with E-state index in [9.17, 15) is 19.2 Å². The molecular weight excluding hydrogens is 468 g/mol. The molecule has 0 spiro atoms. The van der Waals surface area contributed by atoms with Gasteiger partial charge >= 0.3 is 0 Å². The Labute approximate surface area is 205 Å². The fourth-order valence-corrected chi connectivity index (χ4v) is 4.89. The molecule has 1 unspecified atom stereocenters. The van der Waals surface area contributed by atoms with Gasteiger partial charge in [0, 0.05) is 31.0 Å². The van der Waals surface area contributed by atoms with Gasteiger partial charge in [0.1, 0.15) is 5.75 Å². The van der Waals surface area contributed by atoms with Crippen LogP contribution >= 0.6 is 11.3 Å². The van der Waals surface area contributed by atoms with Crippen LogP contribution in [-0.4, -0.2) is 53.2 Å². The van der Waals surface area contributed by atoms with E-state index in [-0.39, 0.29) is 36.6 Å². The zero-order chi connectivity index (χ0) is 24.7. The molecule has 1 aromatic heterocycles. The van der Waals surface area contributed by atoms with Crippen LogP contribution < -0.4 is 15.0 Å². The molecule has 0 bridgehead atoms. The van der Waals surface area contributed by atoms with E-state index in [4.69, 9.17) is 4.74 Å². The van der Waals surface area contributed by atoms with E-state index >= 15 is 0 Å². The Morgan fingerprint density at radius 3 is 2.54 bits per heavy atom. The summed E-state index contributed by atoms with van der Waals surface area (Å²) in [4.78, 5) is 56.7. The fraction of sp³-hybridized carbons (Fsp3) is 0.240. The van der Waals surface area contributed by atoms with Crippen molar-refractivity contribution in [3.05, 3.63) is 59.0 Å². The maximum atomic E-state index is 12.4. The lowest BCUT2D eigenvalue weighted by atomic mass is 10.1.